The number of aliphatic carboxylic acids is 1. The Balaban J connectivity index is 1.93. The second-order valence-electron chi connectivity index (χ2n) is 3.62. The summed E-state index contributed by atoms with van der Waals surface area (Å²) in [7, 11) is 0. The van der Waals surface area contributed by atoms with Gasteiger partial charge >= 0.3 is 5.97 Å². The number of hydrogen-bond acceptors (Lipinski definition) is 3. The van der Waals surface area contributed by atoms with Crippen LogP contribution in [0.25, 0.3) is 6.08 Å². The number of thioether (sulfide) groups is 1. The second kappa shape index (κ2) is 6.42. The fourth-order valence-electron chi connectivity index (χ4n) is 1.40. The van der Waals surface area contributed by atoms with Gasteiger partial charge in [0.2, 0.25) is 0 Å². The SMILES string of the molecule is O=C(O)C=Cc1csc(CSc2ccccc2)c1. The molecule has 0 atom stereocenters. The third-order valence-electron chi connectivity index (χ3n) is 2.22. The maximum Gasteiger partial charge on any atom is 0.328 e. The Morgan fingerprint density at radius 1 is 1.33 bits per heavy atom. The van der Waals surface area contributed by atoms with E-state index in [0.717, 1.165) is 17.4 Å². The van der Waals surface area contributed by atoms with Crippen molar-refractivity contribution in [1.82, 2.24) is 0 Å². The Bertz CT molecular complexity index is 544. The zero-order chi connectivity index (χ0) is 12.8. The summed E-state index contributed by atoms with van der Waals surface area (Å²) < 4.78 is 0. The molecule has 0 aliphatic carbocycles. The maximum absolute atomic E-state index is 10.4. The molecule has 1 aromatic carbocycles. The molecule has 18 heavy (non-hydrogen) atoms. The molecule has 0 radical (unpaired) electrons. The molecule has 1 N–H and O–H groups in total. The van der Waals surface area contributed by atoms with Crippen molar-refractivity contribution in [2.24, 2.45) is 0 Å². The summed E-state index contributed by atoms with van der Waals surface area (Å²) >= 11 is 3.44. The van der Waals surface area contributed by atoms with Crippen molar-refractivity contribution in [3.8, 4) is 0 Å². The first kappa shape index (κ1) is 12.9. The molecule has 2 nitrogen and oxygen atoms in total. The van der Waals surface area contributed by atoms with Crippen molar-refractivity contribution < 1.29 is 9.90 Å². The minimum Gasteiger partial charge on any atom is -0.478 e. The number of benzene rings is 1. The molecule has 2 rings (SSSR count). The summed E-state index contributed by atoms with van der Waals surface area (Å²) in [5.74, 6) is -0.00307. The smallest absolute Gasteiger partial charge is 0.328 e. The van der Waals surface area contributed by atoms with Crippen molar-refractivity contribution in [3.63, 3.8) is 0 Å². The summed E-state index contributed by atoms with van der Waals surface area (Å²) in [4.78, 5) is 12.9. The monoisotopic (exact) mass is 276 g/mol. The molecule has 1 heterocycles. The van der Waals surface area contributed by atoms with Crippen molar-refractivity contribution >= 4 is 35.1 Å². The number of carboxylic acids is 1. The first-order valence-corrected chi connectivity index (χ1v) is 7.27. The minimum absolute atomic E-state index is 0.912. The number of hydrogen-bond donors (Lipinski definition) is 1. The highest BCUT2D eigenvalue weighted by molar-refractivity contribution is 7.98. The van der Waals surface area contributed by atoms with Gasteiger partial charge in [-0.05, 0) is 35.2 Å². The molecule has 0 saturated heterocycles. The molecule has 0 bridgehead atoms. The summed E-state index contributed by atoms with van der Waals surface area (Å²) in [6.45, 7) is 0. The fraction of sp³-hybridized carbons (Fsp3) is 0.0714. The molecule has 2 aromatic rings. The van der Waals surface area contributed by atoms with Crippen LogP contribution in [-0.2, 0) is 10.5 Å². The van der Waals surface area contributed by atoms with Gasteiger partial charge in [-0.1, -0.05) is 18.2 Å². The van der Waals surface area contributed by atoms with Crippen molar-refractivity contribution in [3.05, 3.63) is 58.3 Å². The molecule has 92 valence electrons. The quantitative estimate of drug-likeness (QED) is 0.659. The van der Waals surface area contributed by atoms with E-state index in [1.807, 2.05) is 29.6 Å². The van der Waals surface area contributed by atoms with Gasteiger partial charge < -0.3 is 5.11 Å². The Morgan fingerprint density at radius 2 is 2.11 bits per heavy atom. The van der Waals surface area contributed by atoms with Crippen LogP contribution in [0.1, 0.15) is 10.4 Å². The van der Waals surface area contributed by atoms with Crippen LogP contribution in [0.15, 0.2) is 52.7 Å². The van der Waals surface area contributed by atoms with Crippen LogP contribution in [0.2, 0.25) is 0 Å². The predicted molar refractivity (Wildman–Crippen MR) is 77.0 cm³/mol. The lowest BCUT2D eigenvalue weighted by Gasteiger charge is -1.98. The van der Waals surface area contributed by atoms with Crippen molar-refractivity contribution in [2.45, 2.75) is 10.6 Å². The molecular formula is C14H12O2S2. The number of carboxylic acid groups (broad SMARTS) is 1. The maximum atomic E-state index is 10.4. The first-order valence-electron chi connectivity index (χ1n) is 5.40. The van der Waals surface area contributed by atoms with Gasteiger partial charge in [-0.2, -0.15) is 0 Å². The zero-order valence-electron chi connectivity index (χ0n) is 9.58. The second-order valence-corrected chi connectivity index (χ2v) is 5.66. The van der Waals surface area contributed by atoms with E-state index in [2.05, 4.69) is 12.1 Å². The third-order valence-corrected chi connectivity index (χ3v) is 4.42. The summed E-state index contributed by atoms with van der Waals surface area (Å²) in [6, 6.07) is 12.3. The standard InChI is InChI=1S/C14H12O2S2/c15-14(16)7-6-11-8-13(17-9-11)10-18-12-4-2-1-3-5-12/h1-9H,10H2,(H,15,16). The Kier molecular flexibility index (Phi) is 4.61. The van der Waals surface area contributed by atoms with E-state index < -0.39 is 5.97 Å². The van der Waals surface area contributed by atoms with Gasteiger partial charge in [0.25, 0.3) is 0 Å². The Hall–Kier alpha value is -1.52. The average Bonchev–Trinajstić information content (AvgIpc) is 2.83. The molecule has 0 saturated carbocycles. The third kappa shape index (κ3) is 4.05. The molecule has 0 fully saturated rings. The van der Waals surface area contributed by atoms with Crippen LogP contribution in [0.4, 0.5) is 0 Å². The molecule has 0 amide bonds. The molecule has 0 aliphatic heterocycles. The van der Waals surface area contributed by atoms with Gasteiger partial charge in [0.05, 0.1) is 0 Å². The van der Waals surface area contributed by atoms with Crippen LogP contribution < -0.4 is 0 Å². The van der Waals surface area contributed by atoms with Gasteiger partial charge in [0.1, 0.15) is 0 Å². The summed E-state index contributed by atoms with van der Waals surface area (Å²) in [6.07, 6.45) is 2.78. The summed E-state index contributed by atoms with van der Waals surface area (Å²) in [5, 5.41) is 10.5. The van der Waals surface area contributed by atoms with Crippen molar-refractivity contribution in [2.75, 3.05) is 0 Å². The van der Waals surface area contributed by atoms with Gasteiger partial charge in [-0.25, -0.2) is 4.79 Å². The molecule has 0 unspecified atom stereocenters. The Morgan fingerprint density at radius 3 is 2.83 bits per heavy atom. The molecule has 1 aromatic heterocycles. The highest BCUT2D eigenvalue weighted by Crippen LogP contribution is 2.26. The van der Waals surface area contributed by atoms with E-state index in [1.54, 1.807) is 29.2 Å². The molecule has 4 heteroatoms. The van der Waals surface area contributed by atoms with E-state index in [1.165, 1.54) is 9.77 Å². The fourth-order valence-corrected chi connectivity index (χ4v) is 3.23. The topological polar surface area (TPSA) is 37.3 Å². The van der Waals surface area contributed by atoms with Gasteiger partial charge in [0, 0.05) is 21.6 Å². The van der Waals surface area contributed by atoms with E-state index in [0.29, 0.717) is 0 Å². The normalized spacial score (nSPS) is 10.9. The highest BCUT2D eigenvalue weighted by Gasteiger charge is 1.99. The molecular weight excluding hydrogens is 264 g/mol. The van der Waals surface area contributed by atoms with E-state index in [-0.39, 0.29) is 0 Å². The lowest BCUT2D eigenvalue weighted by molar-refractivity contribution is -0.131. The van der Waals surface area contributed by atoms with E-state index in [4.69, 9.17) is 5.11 Å². The largest absolute Gasteiger partial charge is 0.478 e. The lowest BCUT2D eigenvalue weighted by atomic mass is 10.3. The Labute approximate surface area is 114 Å². The lowest BCUT2D eigenvalue weighted by Crippen LogP contribution is -1.84. The van der Waals surface area contributed by atoms with Crippen molar-refractivity contribution in [1.29, 1.82) is 0 Å². The number of thiophene rings is 1. The van der Waals surface area contributed by atoms with Crippen LogP contribution >= 0.6 is 23.1 Å². The van der Waals surface area contributed by atoms with Gasteiger partial charge in [-0.3, -0.25) is 0 Å². The minimum atomic E-state index is -0.915. The zero-order valence-corrected chi connectivity index (χ0v) is 11.2. The number of carbonyl (C=O) groups is 1. The van der Waals surface area contributed by atoms with Gasteiger partial charge in [-0.15, -0.1) is 23.1 Å². The van der Waals surface area contributed by atoms with Crippen LogP contribution in [0, 0.1) is 0 Å². The van der Waals surface area contributed by atoms with E-state index in [9.17, 15) is 4.79 Å². The number of rotatable bonds is 5. The first-order chi connectivity index (χ1) is 8.74. The van der Waals surface area contributed by atoms with Crippen LogP contribution in [0.5, 0.6) is 0 Å². The predicted octanol–water partition coefficient (Wildman–Crippen LogP) is 4.14. The molecule has 0 spiro atoms. The van der Waals surface area contributed by atoms with Crippen LogP contribution in [0.3, 0.4) is 0 Å². The molecule has 0 aliphatic rings. The van der Waals surface area contributed by atoms with Gasteiger partial charge in [0.15, 0.2) is 0 Å². The van der Waals surface area contributed by atoms with Crippen LogP contribution in [-0.4, -0.2) is 11.1 Å². The van der Waals surface area contributed by atoms with E-state index >= 15 is 0 Å². The summed E-state index contributed by atoms with van der Waals surface area (Å²) in [5.41, 5.74) is 0.950. The average molecular weight is 276 g/mol. The highest BCUT2D eigenvalue weighted by atomic mass is 32.2.